The van der Waals surface area contributed by atoms with Gasteiger partial charge in [-0.2, -0.15) is 5.10 Å². The largest absolute Gasteiger partial charge is 0.382 e. The van der Waals surface area contributed by atoms with E-state index < -0.39 is 0 Å². The maximum Gasteiger partial charge on any atom is 0.154 e. The van der Waals surface area contributed by atoms with Crippen LogP contribution in [0.25, 0.3) is 10.9 Å². The minimum atomic E-state index is 0.609. The monoisotopic (exact) mass is 273 g/mol. The second-order valence-electron chi connectivity index (χ2n) is 2.64. The van der Waals surface area contributed by atoms with Crippen LogP contribution in [0, 0.1) is 3.57 Å². The molecular weight excluding hydrogens is 265 g/mol. The Morgan fingerprint density at radius 3 is 2.92 bits per heavy atom. The van der Waals surface area contributed by atoms with Crippen LogP contribution in [0.15, 0.2) is 18.2 Å². The van der Waals surface area contributed by atoms with Gasteiger partial charge in [0.05, 0.1) is 10.9 Å². The highest BCUT2D eigenvalue weighted by Gasteiger charge is 2.06. The van der Waals surface area contributed by atoms with Crippen LogP contribution in [-0.4, -0.2) is 9.78 Å². The number of nitrogen functional groups attached to an aromatic ring is 1. The summed E-state index contributed by atoms with van der Waals surface area (Å²) in [5, 5.41) is 5.20. The van der Waals surface area contributed by atoms with Gasteiger partial charge in [-0.15, -0.1) is 0 Å². The van der Waals surface area contributed by atoms with Crippen LogP contribution < -0.4 is 5.73 Å². The van der Waals surface area contributed by atoms with Crippen molar-refractivity contribution in [2.75, 3.05) is 5.73 Å². The second-order valence-corrected chi connectivity index (χ2v) is 3.80. The van der Waals surface area contributed by atoms with Crippen molar-refractivity contribution in [2.24, 2.45) is 7.05 Å². The van der Waals surface area contributed by atoms with Crippen LogP contribution in [0.3, 0.4) is 0 Å². The van der Waals surface area contributed by atoms with Gasteiger partial charge in [-0.3, -0.25) is 4.68 Å². The second kappa shape index (κ2) is 2.62. The van der Waals surface area contributed by atoms with E-state index in [0.29, 0.717) is 5.82 Å². The molecule has 0 unspecified atom stereocenters. The molecule has 2 N–H and O–H groups in total. The molecular formula is C8H8IN3. The highest BCUT2D eigenvalue weighted by molar-refractivity contribution is 14.1. The number of anilines is 1. The predicted molar refractivity (Wildman–Crippen MR) is 57.8 cm³/mol. The van der Waals surface area contributed by atoms with E-state index >= 15 is 0 Å². The zero-order valence-electron chi connectivity index (χ0n) is 6.58. The van der Waals surface area contributed by atoms with Crippen molar-refractivity contribution in [1.82, 2.24) is 9.78 Å². The molecule has 0 radical (unpaired) electrons. The fourth-order valence-corrected chi connectivity index (χ4v) is 2.06. The van der Waals surface area contributed by atoms with Crippen molar-refractivity contribution in [3.8, 4) is 0 Å². The third-order valence-corrected chi connectivity index (χ3v) is 2.75. The number of hydrogen-bond donors (Lipinski definition) is 1. The van der Waals surface area contributed by atoms with Gasteiger partial charge in [0.15, 0.2) is 5.82 Å². The molecule has 62 valence electrons. The highest BCUT2D eigenvalue weighted by atomic mass is 127. The molecule has 0 atom stereocenters. The average Bonchev–Trinajstić information content (AvgIpc) is 2.29. The van der Waals surface area contributed by atoms with E-state index in [-0.39, 0.29) is 0 Å². The first kappa shape index (κ1) is 7.85. The number of fused-ring (bicyclic) bond motifs is 1. The number of nitrogens with zero attached hydrogens (tertiary/aromatic N) is 2. The van der Waals surface area contributed by atoms with E-state index in [9.17, 15) is 0 Å². The van der Waals surface area contributed by atoms with Gasteiger partial charge in [0, 0.05) is 10.6 Å². The summed E-state index contributed by atoms with van der Waals surface area (Å²) < 4.78 is 2.95. The SMILES string of the molecule is Cn1nc(N)c2c(I)cccc21. The Balaban J connectivity index is 2.99. The minimum Gasteiger partial charge on any atom is -0.382 e. The van der Waals surface area contributed by atoms with E-state index in [0.717, 1.165) is 14.5 Å². The van der Waals surface area contributed by atoms with E-state index in [4.69, 9.17) is 5.73 Å². The lowest BCUT2D eigenvalue weighted by atomic mass is 10.2. The first-order valence-corrected chi connectivity index (χ1v) is 4.64. The molecule has 3 nitrogen and oxygen atoms in total. The lowest BCUT2D eigenvalue weighted by molar-refractivity contribution is 0.802. The molecule has 0 saturated carbocycles. The summed E-state index contributed by atoms with van der Waals surface area (Å²) in [6, 6.07) is 6.05. The van der Waals surface area contributed by atoms with Gasteiger partial charge in [-0.1, -0.05) is 6.07 Å². The predicted octanol–water partition coefficient (Wildman–Crippen LogP) is 1.76. The number of hydrogen-bond acceptors (Lipinski definition) is 2. The van der Waals surface area contributed by atoms with Gasteiger partial charge in [0.1, 0.15) is 0 Å². The van der Waals surface area contributed by atoms with Crippen molar-refractivity contribution in [1.29, 1.82) is 0 Å². The van der Waals surface area contributed by atoms with E-state index in [1.54, 1.807) is 4.68 Å². The van der Waals surface area contributed by atoms with Crippen LogP contribution >= 0.6 is 22.6 Å². The third kappa shape index (κ3) is 0.979. The standard InChI is InChI=1S/C8H8IN3/c1-12-6-4-2-3-5(9)7(6)8(10)11-12/h2-4H,1H3,(H2,10,11). The van der Waals surface area contributed by atoms with Crippen molar-refractivity contribution in [3.63, 3.8) is 0 Å². The zero-order chi connectivity index (χ0) is 8.72. The number of aromatic nitrogens is 2. The van der Waals surface area contributed by atoms with Gasteiger partial charge in [-0.05, 0) is 34.7 Å². The van der Waals surface area contributed by atoms with Gasteiger partial charge in [0.2, 0.25) is 0 Å². The molecule has 0 aliphatic rings. The van der Waals surface area contributed by atoms with Crippen molar-refractivity contribution in [3.05, 3.63) is 21.8 Å². The molecule has 1 heterocycles. The number of aryl methyl sites for hydroxylation is 1. The lowest BCUT2D eigenvalue weighted by Crippen LogP contribution is -1.90. The van der Waals surface area contributed by atoms with Crippen LogP contribution in [0.4, 0.5) is 5.82 Å². The molecule has 1 aromatic heterocycles. The maximum absolute atomic E-state index is 5.74. The summed E-state index contributed by atoms with van der Waals surface area (Å²) >= 11 is 2.26. The topological polar surface area (TPSA) is 43.8 Å². The van der Waals surface area contributed by atoms with Crippen molar-refractivity contribution < 1.29 is 0 Å². The molecule has 2 rings (SSSR count). The first-order chi connectivity index (χ1) is 5.70. The van der Waals surface area contributed by atoms with Crippen LogP contribution in [0.2, 0.25) is 0 Å². The molecule has 0 fully saturated rings. The fraction of sp³-hybridized carbons (Fsp3) is 0.125. The molecule has 0 aliphatic carbocycles. The molecule has 12 heavy (non-hydrogen) atoms. The van der Waals surface area contributed by atoms with Crippen molar-refractivity contribution in [2.45, 2.75) is 0 Å². The fourth-order valence-electron chi connectivity index (χ4n) is 1.30. The molecule has 0 bridgehead atoms. The number of benzene rings is 1. The summed E-state index contributed by atoms with van der Waals surface area (Å²) in [7, 11) is 1.90. The van der Waals surface area contributed by atoms with Gasteiger partial charge in [0.25, 0.3) is 0 Å². The Kier molecular flexibility index (Phi) is 1.71. The number of nitrogens with two attached hydrogens (primary N) is 1. The average molecular weight is 273 g/mol. The van der Waals surface area contributed by atoms with Gasteiger partial charge < -0.3 is 5.73 Å². The van der Waals surface area contributed by atoms with Crippen LogP contribution in [0.1, 0.15) is 0 Å². The summed E-state index contributed by atoms with van der Waals surface area (Å²) in [6.07, 6.45) is 0. The summed E-state index contributed by atoms with van der Waals surface area (Å²) in [6.45, 7) is 0. The van der Waals surface area contributed by atoms with Gasteiger partial charge >= 0.3 is 0 Å². The van der Waals surface area contributed by atoms with Crippen molar-refractivity contribution >= 4 is 39.3 Å². The molecule has 0 saturated heterocycles. The zero-order valence-corrected chi connectivity index (χ0v) is 8.74. The summed E-state index contributed by atoms with van der Waals surface area (Å²) in [5.41, 5.74) is 6.82. The van der Waals surface area contributed by atoms with Crippen LogP contribution in [0.5, 0.6) is 0 Å². The maximum atomic E-state index is 5.74. The molecule has 2 aromatic rings. The Morgan fingerprint density at radius 1 is 1.50 bits per heavy atom. The van der Waals surface area contributed by atoms with Gasteiger partial charge in [-0.25, -0.2) is 0 Å². The number of rotatable bonds is 0. The smallest absolute Gasteiger partial charge is 0.154 e. The summed E-state index contributed by atoms with van der Waals surface area (Å²) in [5.74, 6) is 0.609. The quantitative estimate of drug-likeness (QED) is 0.743. The lowest BCUT2D eigenvalue weighted by Gasteiger charge is -1.94. The highest BCUT2D eigenvalue weighted by Crippen LogP contribution is 2.24. The van der Waals surface area contributed by atoms with E-state index in [1.165, 1.54) is 0 Å². The summed E-state index contributed by atoms with van der Waals surface area (Å²) in [4.78, 5) is 0. The normalized spacial score (nSPS) is 10.8. The Labute approximate surface area is 83.7 Å². The Morgan fingerprint density at radius 2 is 2.25 bits per heavy atom. The minimum absolute atomic E-state index is 0.609. The molecule has 4 heteroatoms. The Hall–Kier alpha value is -0.780. The van der Waals surface area contributed by atoms with Crippen LogP contribution in [-0.2, 0) is 7.05 Å². The van der Waals surface area contributed by atoms with E-state index in [1.807, 2.05) is 25.2 Å². The molecule has 1 aromatic carbocycles. The molecule has 0 spiro atoms. The third-order valence-electron chi connectivity index (χ3n) is 1.85. The molecule has 0 aliphatic heterocycles. The Bertz CT molecular complexity index is 433. The number of halogens is 1. The molecule has 0 amide bonds. The first-order valence-electron chi connectivity index (χ1n) is 3.57. The van der Waals surface area contributed by atoms with E-state index in [2.05, 4.69) is 27.7 Å².